The SMILES string of the molecule is Cc1nc(CN(C)C(=O)CSc2nc3ccccc3c(=O)[nH]2)no1. The van der Waals surface area contributed by atoms with Gasteiger partial charge in [0.05, 0.1) is 23.2 Å². The van der Waals surface area contributed by atoms with Crippen molar-refractivity contribution >= 4 is 28.6 Å². The van der Waals surface area contributed by atoms with Gasteiger partial charge in [0.2, 0.25) is 11.8 Å². The summed E-state index contributed by atoms with van der Waals surface area (Å²) in [4.78, 5) is 36.8. The van der Waals surface area contributed by atoms with E-state index in [0.29, 0.717) is 27.8 Å². The van der Waals surface area contributed by atoms with Crippen LogP contribution in [0, 0.1) is 6.92 Å². The molecule has 0 unspecified atom stereocenters. The van der Waals surface area contributed by atoms with Crippen LogP contribution in [0.5, 0.6) is 0 Å². The molecule has 1 amide bonds. The Morgan fingerprint density at radius 1 is 1.33 bits per heavy atom. The molecule has 124 valence electrons. The zero-order chi connectivity index (χ0) is 17.1. The molecule has 0 aliphatic rings. The molecule has 0 saturated heterocycles. The van der Waals surface area contributed by atoms with Crippen molar-refractivity contribution in [2.75, 3.05) is 12.8 Å². The molecule has 3 aromatic rings. The molecule has 0 spiro atoms. The van der Waals surface area contributed by atoms with E-state index in [0.717, 1.165) is 0 Å². The second-order valence-electron chi connectivity index (χ2n) is 5.16. The molecule has 3 rings (SSSR count). The summed E-state index contributed by atoms with van der Waals surface area (Å²) in [6, 6.07) is 7.07. The van der Waals surface area contributed by atoms with Gasteiger partial charge in [-0.3, -0.25) is 9.59 Å². The molecular formula is C15H15N5O3S. The first-order valence-electron chi connectivity index (χ1n) is 7.18. The predicted octanol–water partition coefficient (Wildman–Crippen LogP) is 1.37. The van der Waals surface area contributed by atoms with Crippen LogP contribution in [0.4, 0.5) is 0 Å². The molecule has 0 radical (unpaired) electrons. The zero-order valence-corrected chi connectivity index (χ0v) is 14.0. The number of benzene rings is 1. The van der Waals surface area contributed by atoms with Crippen molar-refractivity contribution in [1.82, 2.24) is 25.0 Å². The zero-order valence-electron chi connectivity index (χ0n) is 13.1. The Balaban J connectivity index is 1.64. The van der Waals surface area contributed by atoms with E-state index in [-0.39, 0.29) is 23.8 Å². The third-order valence-electron chi connectivity index (χ3n) is 3.30. The fraction of sp³-hybridized carbons (Fsp3) is 0.267. The number of aromatic nitrogens is 4. The minimum absolute atomic E-state index is 0.127. The Morgan fingerprint density at radius 2 is 2.12 bits per heavy atom. The Kier molecular flexibility index (Phi) is 4.61. The van der Waals surface area contributed by atoms with Gasteiger partial charge in [0.25, 0.3) is 5.56 Å². The lowest BCUT2D eigenvalue weighted by Crippen LogP contribution is -2.28. The van der Waals surface area contributed by atoms with Gasteiger partial charge < -0.3 is 14.4 Å². The Morgan fingerprint density at radius 3 is 2.88 bits per heavy atom. The summed E-state index contributed by atoms with van der Waals surface area (Å²) in [5.41, 5.74) is 0.387. The second-order valence-corrected chi connectivity index (χ2v) is 6.12. The lowest BCUT2D eigenvalue weighted by atomic mass is 10.2. The van der Waals surface area contributed by atoms with Crippen LogP contribution >= 0.6 is 11.8 Å². The van der Waals surface area contributed by atoms with E-state index in [1.807, 2.05) is 6.07 Å². The maximum absolute atomic E-state index is 12.2. The van der Waals surface area contributed by atoms with Crippen LogP contribution in [0.25, 0.3) is 10.9 Å². The Hall–Kier alpha value is -2.68. The smallest absolute Gasteiger partial charge is 0.259 e. The number of H-pyrrole nitrogens is 1. The molecule has 0 saturated carbocycles. The summed E-state index contributed by atoms with van der Waals surface area (Å²) >= 11 is 1.18. The van der Waals surface area contributed by atoms with Crippen LogP contribution in [-0.4, -0.2) is 43.7 Å². The summed E-state index contributed by atoms with van der Waals surface area (Å²) in [6.07, 6.45) is 0. The maximum atomic E-state index is 12.2. The summed E-state index contributed by atoms with van der Waals surface area (Å²) in [5, 5.41) is 4.69. The highest BCUT2D eigenvalue weighted by Crippen LogP contribution is 2.15. The summed E-state index contributed by atoms with van der Waals surface area (Å²) in [7, 11) is 1.66. The number of hydrogen-bond donors (Lipinski definition) is 1. The molecule has 24 heavy (non-hydrogen) atoms. The number of aromatic amines is 1. The van der Waals surface area contributed by atoms with Gasteiger partial charge in [-0.25, -0.2) is 4.98 Å². The van der Waals surface area contributed by atoms with E-state index in [1.165, 1.54) is 16.7 Å². The number of para-hydroxylation sites is 1. The fourth-order valence-electron chi connectivity index (χ4n) is 2.08. The number of fused-ring (bicyclic) bond motifs is 1. The number of carbonyl (C=O) groups excluding carboxylic acids is 1. The topological polar surface area (TPSA) is 105 Å². The third-order valence-corrected chi connectivity index (χ3v) is 4.16. The molecule has 0 atom stereocenters. The second kappa shape index (κ2) is 6.83. The first-order chi connectivity index (χ1) is 11.5. The van der Waals surface area contributed by atoms with Crippen molar-refractivity contribution in [2.45, 2.75) is 18.6 Å². The summed E-state index contributed by atoms with van der Waals surface area (Å²) in [5.74, 6) is 0.927. The van der Waals surface area contributed by atoms with E-state index in [2.05, 4.69) is 20.1 Å². The van der Waals surface area contributed by atoms with Crippen molar-refractivity contribution in [3.8, 4) is 0 Å². The molecule has 2 heterocycles. The fourth-order valence-corrected chi connectivity index (χ4v) is 2.89. The summed E-state index contributed by atoms with van der Waals surface area (Å²) < 4.78 is 4.87. The number of aryl methyl sites for hydroxylation is 1. The average molecular weight is 345 g/mol. The van der Waals surface area contributed by atoms with Crippen LogP contribution in [0.2, 0.25) is 0 Å². The van der Waals surface area contributed by atoms with Crippen molar-refractivity contribution in [1.29, 1.82) is 0 Å². The highest BCUT2D eigenvalue weighted by atomic mass is 32.2. The monoisotopic (exact) mass is 345 g/mol. The highest BCUT2D eigenvalue weighted by Gasteiger charge is 2.14. The van der Waals surface area contributed by atoms with Gasteiger partial charge in [-0.1, -0.05) is 29.1 Å². The molecule has 0 fully saturated rings. The van der Waals surface area contributed by atoms with Crippen molar-refractivity contribution in [3.05, 3.63) is 46.3 Å². The van der Waals surface area contributed by atoms with Crippen LogP contribution in [0.3, 0.4) is 0 Å². The summed E-state index contributed by atoms with van der Waals surface area (Å²) in [6.45, 7) is 1.95. The number of nitrogens with one attached hydrogen (secondary N) is 1. The van der Waals surface area contributed by atoms with Gasteiger partial charge in [0, 0.05) is 14.0 Å². The van der Waals surface area contributed by atoms with E-state index in [1.54, 1.807) is 32.2 Å². The standard InChI is InChI=1S/C15H15N5O3S/c1-9-16-12(19-23-9)7-20(2)13(21)8-24-15-17-11-6-4-3-5-10(11)14(22)18-15/h3-6H,7-8H2,1-2H3,(H,17,18,22). The van der Waals surface area contributed by atoms with Gasteiger partial charge in [-0.2, -0.15) is 4.98 Å². The molecule has 1 N–H and O–H groups in total. The van der Waals surface area contributed by atoms with Crippen molar-refractivity contribution in [3.63, 3.8) is 0 Å². The molecule has 2 aromatic heterocycles. The number of nitrogens with zero attached hydrogens (tertiary/aromatic N) is 4. The molecule has 0 bridgehead atoms. The van der Waals surface area contributed by atoms with Crippen LogP contribution in [0.1, 0.15) is 11.7 Å². The predicted molar refractivity (Wildman–Crippen MR) is 88.6 cm³/mol. The van der Waals surface area contributed by atoms with Crippen LogP contribution < -0.4 is 5.56 Å². The van der Waals surface area contributed by atoms with E-state index < -0.39 is 0 Å². The van der Waals surface area contributed by atoms with Gasteiger partial charge in [0.15, 0.2) is 11.0 Å². The number of thioether (sulfide) groups is 1. The minimum atomic E-state index is -0.217. The molecule has 0 aliphatic heterocycles. The average Bonchev–Trinajstić information content (AvgIpc) is 2.97. The lowest BCUT2D eigenvalue weighted by Gasteiger charge is -2.14. The minimum Gasteiger partial charge on any atom is -0.340 e. The van der Waals surface area contributed by atoms with Crippen molar-refractivity contribution < 1.29 is 9.32 Å². The van der Waals surface area contributed by atoms with E-state index in [4.69, 9.17) is 4.52 Å². The normalized spacial score (nSPS) is 10.9. The highest BCUT2D eigenvalue weighted by molar-refractivity contribution is 7.99. The Labute approximate surface area is 141 Å². The molecule has 0 aliphatic carbocycles. The first kappa shape index (κ1) is 16.2. The largest absolute Gasteiger partial charge is 0.340 e. The number of carbonyl (C=O) groups is 1. The van der Waals surface area contributed by atoms with E-state index >= 15 is 0 Å². The van der Waals surface area contributed by atoms with Gasteiger partial charge in [-0.15, -0.1) is 0 Å². The van der Waals surface area contributed by atoms with Gasteiger partial charge in [0.1, 0.15) is 0 Å². The van der Waals surface area contributed by atoms with Gasteiger partial charge >= 0.3 is 0 Å². The lowest BCUT2D eigenvalue weighted by molar-refractivity contribution is -0.127. The van der Waals surface area contributed by atoms with Crippen LogP contribution in [0.15, 0.2) is 38.7 Å². The number of rotatable bonds is 5. The quantitative estimate of drug-likeness (QED) is 0.550. The molecule has 1 aromatic carbocycles. The molecule has 9 heteroatoms. The van der Waals surface area contributed by atoms with E-state index in [9.17, 15) is 9.59 Å². The number of hydrogen-bond acceptors (Lipinski definition) is 7. The third kappa shape index (κ3) is 3.62. The maximum Gasteiger partial charge on any atom is 0.259 e. The van der Waals surface area contributed by atoms with Crippen molar-refractivity contribution in [2.24, 2.45) is 0 Å². The Bertz CT molecular complexity index is 936. The molecular weight excluding hydrogens is 330 g/mol. The first-order valence-corrected chi connectivity index (χ1v) is 8.16. The van der Waals surface area contributed by atoms with Crippen LogP contribution in [-0.2, 0) is 11.3 Å². The molecule has 8 nitrogen and oxygen atoms in total. The van der Waals surface area contributed by atoms with Gasteiger partial charge in [-0.05, 0) is 12.1 Å². The number of amides is 1.